The lowest BCUT2D eigenvalue weighted by atomic mass is 10.1. The van der Waals surface area contributed by atoms with Gasteiger partial charge in [-0.15, -0.1) is 0 Å². The molecule has 124 valence electrons. The van der Waals surface area contributed by atoms with E-state index in [0.29, 0.717) is 22.0 Å². The summed E-state index contributed by atoms with van der Waals surface area (Å²) in [5.74, 6) is -0.469. The van der Waals surface area contributed by atoms with Gasteiger partial charge in [0.25, 0.3) is 5.91 Å². The Morgan fingerprint density at radius 2 is 1.96 bits per heavy atom. The third kappa shape index (κ3) is 3.05. The van der Waals surface area contributed by atoms with E-state index < -0.39 is 12.1 Å². The number of hydrogen-bond donors (Lipinski definition) is 0. The van der Waals surface area contributed by atoms with Crippen LogP contribution in [-0.2, 0) is 9.53 Å². The lowest BCUT2D eigenvalue weighted by Gasteiger charge is -2.33. The third-order valence-corrected chi connectivity index (χ3v) is 4.19. The number of anilines is 1. The average Bonchev–Trinajstić information content (AvgIpc) is 2.59. The highest BCUT2D eigenvalue weighted by Crippen LogP contribution is 2.35. The molecule has 24 heavy (non-hydrogen) atoms. The first kappa shape index (κ1) is 16.6. The average molecular weight is 366 g/mol. The Labute approximate surface area is 148 Å². The van der Waals surface area contributed by atoms with Gasteiger partial charge in [-0.3, -0.25) is 4.79 Å². The minimum Gasteiger partial charge on any atom is -0.475 e. The molecule has 0 N–H and O–H groups in total. The topological polar surface area (TPSA) is 55.8 Å². The normalized spacial score (nSPS) is 16.1. The van der Waals surface area contributed by atoms with E-state index in [-0.39, 0.29) is 17.5 Å². The van der Waals surface area contributed by atoms with Crippen LogP contribution in [-0.4, -0.2) is 31.6 Å². The van der Waals surface area contributed by atoms with Gasteiger partial charge in [0, 0.05) is 5.02 Å². The molecule has 0 aromatic heterocycles. The molecule has 5 nitrogen and oxygen atoms in total. The quantitative estimate of drug-likeness (QED) is 0.763. The number of halogens is 2. The molecule has 0 unspecified atom stereocenters. The molecule has 0 saturated heterocycles. The second-order valence-corrected chi connectivity index (χ2v) is 5.98. The van der Waals surface area contributed by atoms with E-state index in [1.807, 2.05) is 0 Å². The Kier molecular flexibility index (Phi) is 4.64. The summed E-state index contributed by atoms with van der Waals surface area (Å²) in [6, 6.07) is 11.6. The zero-order valence-electron chi connectivity index (χ0n) is 12.7. The van der Waals surface area contributed by atoms with Crippen molar-refractivity contribution in [1.29, 1.82) is 0 Å². The zero-order valence-corrected chi connectivity index (χ0v) is 14.2. The van der Waals surface area contributed by atoms with E-state index in [9.17, 15) is 9.59 Å². The van der Waals surface area contributed by atoms with E-state index in [1.165, 1.54) is 18.1 Å². The maximum atomic E-state index is 12.9. The number of rotatable bonds is 2. The Bertz CT molecular complexity index is 809. The van der Waals surface area contributed by atoms with Crippen LogP contribution in [0, 0.1) is 0 Å². The number of carbonyl (C=O) groups is 2. The van der Waals surface area contributed by atoms with E-state index in [4.69, 9.17) is 32.7 Å². The molecular weight excluding hydrogens is 353 g/mol. The molecule has 0 spiro atoms. The van der Waals surface area contributed by atoms with Gasteiger partial charge in [-0.25, -0.2) is 4.79 Å². The molecular formula is C17H13Cl2NO4. The van der Waals surface area contributed by atoms with E-state index >= 15 is 0 Å². The minimum atomic E-state index is -0.903. The first-order valence-corrected chi connectivity index (χ1v) is 7.87. The summed E-state index contributed by atoms with van der Waals surface area (Å²) in [4.78, 5) is 26.3. The summed E-state index contributed by atoms with van der Waals surface area (Å²) in [5.41, 5.74) is 0.857. The van der Waals surface area contributed by atoms with E-state index in [1.54, 1.807) is 36.4 Å². The van der Waals surface area contributed by atoms with E-state index in [0.717, 1.165) is 0 Å². The Balaban J connectivity index is 2.01. The molecule has 1 aliphatic heterocycles. The van der Waals surface area contributed by atoms with Crippen LogP contribution in [0.2, 0.25) is 10.0 Å². The third-order valence-electron chi connectivity index (χ3n) is 3.64. The van der Waals surface area contributed by atoms with Gasteiger partial charge in [0.1, 0.15) is 5.75 Å². The number of carbonyl (C=O) groups excluding carboxylic acids is 2. The molecule has 0 bridgehead atoms. The largest absolute Gasteiger partial charge is 0.475 e. The van der Waals surface area contributed by atoms with Crippen molar-refractivity contribution in [2.24, 2.45) is 0 Å². The smallest absolute Gasteiger partial charge is 0.348 e. The summed E-state index contributed by atoms with van der Waals surface area (Å²) < 4.78 is 10.4. The number of amides is 1. The van der Waals surface area contributed by atoms with Gasteiger partial charge in [-0.2, -0.15) is 0 Å². The van der Waals surface area contributed by atoms with Crippen molar-refractivity contribution in [1.82, 2.24) is 0 Å². The number of benzene rings is 2. The lowest BCUT2D eigenvalue weighted by molar-refractivity contribution is -0.148. The summed E-state index contributed by atoms with van der Waals surface area (Å²) in [7, 11) is 1.27. The standard InChI is InChI=1S/C17H13Cl2NO4/c1-23-17(22)15-9-20(13-4-2-3-5-14(13)24-15)16(21)11-7-6-10(18)8-12(11)19/h2-8,15H,9H2,1H3/t15-/m1/s1. The molecule has 0 radical (unpaired) electrons. The van der Waals surface area contributed by atoms with Gasteiger partial charge >= 0.3 is 5.97 Å². The van der Waals surface area contributed by atoms with E-state index in [2.05, 4.69) is 0 Å². The van der Waals surface area contributed by atoms with Gasteiger partial charge in [0.2, 0.25) is 6.10 Å². The summed E-state index contributed by atoms with van der Waals surface area (Å²) >= 11 is 12.0. The summed E-state index contributed by atoms with van der Waals surface area (Å²) in [5, 5.41) is 0.678. The summed E-state index contributed by atoms with van der Waals surface area (Å²) in [6.07, 6.45) is -0.903. The number of ether oxygens (including phenoxy) is 2. The van der Waals surface area contributed by atoms with Crippen molar-refractivity contribution in [3.8, 4) is 5.75 Å². The van der Waals surface area contributed by atoms with Gasteiger partial charge in [-0.05, 0) is 30.3 Å². The van der Waals surface area contributed by atoms with Crippen LogP contribution >= 0.6 is 23.2 Å². The predicted molar refractivity (Wildman–Crippen MR) is 91.0 cm³/mol. The number of hydrogen-bond acceptors (Lipinski definition) is 4. The Hall–Kier alpha value is -2.24. The van der Waals surface area contributed by atoms with Crippen LogP contribution in [0.3, 0.4) is 0 Å². The molecule has 0 saturated carbocycles. The fourth-order valence-electron chi connectivity index (χ4n) is 2.49. The van der Waals surface area contributed by atoms with Gasteiger partial charge < -0.3 is 14.4 Å². The van der Waals surface area contributed by atoms with Gasteiger partial charge in [-0.1, -0.05) is 35.3 Å². The Morgan fingerprint density at radius 3 is 2.67 bits per heavy atom. The highest BCUT2D eigenvalue weighted by molar-refractivity contribution is 6.37. The highest BCUT2D eigenvalue weighted by Gasteiger charge is 2.35. The van der Waals surface area contributed by atoms with Crippen LogP contribution in [0.15, 0.2) is 42.5 Å². The van der Waals surface area contributed by atoms with Crippen molar-refractivity contribution in [3.05, 3.63) is 58.1 Å². The van der Waals surface area contributed by atoms with Crippen molar-refractivity contribution in [2.45, 2.75) is 6.10 Å². The molecule has 7 heteroatoms. The number of fused-ring (bicyclic) bond motifs is 1. The van der Waals surface area contributed by atoms with Crippen LogP contribution < -0.4 is 9.64 Å². The second kappa shape index (κ2) is 6.71. The molecule has 1 amide bonds. The molecule has 2 aromatic rings. The Morgan fingerprint density at radius 1 is 1.21 bits per heavy atom. The van der Waals surface area contributed by atoms with Gasteiger partial charge in [0.05, 0.1) is 29.9 Å². The lowest BCUT2D eigenvalue weighted by Crippen LogP contribution is -2.47. The molecule has 2 aromatic carbocycles. The minimum absolute atomic E-state index is 0.0292. The zero-order chi connectivity index (χ0) is 17.3. The monoisotopic (exact) mass is 365 g/mol. The maximum Gasteiger partial charge on any atom is 0.348 e. The van der Waals surface area contributed by atoms with Crippen molar-refractivity contribution >= 4 is 40.8 Å². The number of para-hydroxylation sites is 2. The van der Waals surface area contributed by atoms with Crippen LogP contribution in [0.5, 0.6) is 5.75 Å². The molecule has 1 atom stereocenters. The van der Waals surface area contributed by atoms with Crippen molar-refractivity contribution in [3.63, 3.8) is 0 Å². The fourth-order valence-corrected chi connectivity index (χ4v) is 2.98. The number of methoxy groups -OCH3 is 1. The second-order valence-electron chi connectivity index (χ2n) is 5.14. The highest BCUT2D eigenvalue weighted by atomic mass is 35.5. The van der Waals surface area contributed by atoms with Crippen LogP contribution in [0.25, 0.3) is 0 Å². The van der Waals surface area contributed by atoms with Crippen molar-refractivity contribution in [2.75, 3.05) is 18.6 Å². The fraction of sp³-hybridized carbons (Fsp3) is 0.176. The van der Waals surface area contributed by atoms with Gasteiger partial charge in [0.15, 0.2) is 0 Å². The summed E-state index contributed by atoms with van der Waals surface area (Å²) in [6.45, 7) is 0.0292. The number of nitrogens with zero attached hydrogens (tertiary/aromatic N) is 1. The first-order valence-electron chi connectivity index (χ1n) is 7.11. The predicted octanol–water partition coefficient (Wildman–Crippen LogP) is 3.57. The van der Waals surface area contributed by atoms with Crippen LogP contribution in [0.1, 0.15) is 10.4 Å². The molecule has 1 heterocycles. The first-order chi connectivity index (χ1) is 11.5. The maximum absolute atomic E-state index is 12.9. The van der Waals surface area contributed by atoms with Crippen molar-refractivity contribution < 1.29 is 19.1 Å². The molecule has 0 fully saturated rings. The SMILES string of the molecule is COC(=O)[C@H]1CN(C(=O)c2ccc(Cl)cc2Cl)c2ccccc2O1. The van der Waals surface area contributed by atoms with Crippen LogP contribution in [0.4, 0.5) is 5.69 Å². The molecule has 3 rings (SSSR count). The molecule has 1 aliphatic rings. The molecule has 0 aliphatic carbocycles. The number of esters is 1.